The number of amidine groups is 1. The third-order valence-corrected chi connectivity index (χ3v) is 6.80. The Morgan fingerprint density at radius 2 is 1.97 bits per heavy atom. The summed E-state index contributed by atoms with van der Waals surface area (Å²) in [5.74, 6) is -0.227. The van der Waals surface area contributed by atoms with Crippen LogP contribution in [0.4, 0.5) is 11.4 Å². The Bertz CT molecular complexity index is 993. The molecule has 4 rings (SSSR count). The van der Waals surface area contributed by atoms with Crippen molar-refractivity contribution in [3.8, 4) is 0 Å². The standard InChI is InChI=1S/C21H21BrN4O2S/c1-13-3-6-16(9-14(13)2)24-19(27)10-18-20(28)26-12-25(11-23-21(26)29-18)17-7-4-15(22)5-8-17/h3-9,18H,10-12H2,1-2H3,(H,24,27)/t18-/m1/s1. The number of nitrogens with one attached hydrogen (secondary N) is 1. The van der Waals surface area contributed by atoms with Crippen LogP contribution in [0.1, 0.15) is 17.5 Å². The number of carbonyl (C=O) groups excluding carboxylic acids is 2. The average molecular weight is 473 g/mol. The number of aryl methyl sites for hydroxylation is 2. The highest BCUT2D eigenvalue weighted by atomic mass is 79.9. The summed E-state index contributed by atoms with van der Waals surface area (Å²) in [5, 5.41) is 3.16. The molecule has 1 fully saturated rings. The van der Waals surface area contributed by atoms with Crippen LogP contribution in [-0.4, -0.2) is 40.5 Å². The number of hydrogen-bond acceptors (Lipinski definition) is 5. The number of thioether (sulfide) groups is 1. The van der Waals surface area contributed by atoms with E-state index in [2.05, 4.69) is 26.2 Å². The normalized spacial score (nSPS) is 18.5. The van der Waals surface area contributed by atoms with E-state index in [0.717, 1.165) is 21.4 Å². The number of carbonyl (C=O) groups is 2. The van der Waals surface area contributed by atoms with Crippen molar-refractivity contribution in [3.05, 3.63) is 58.1 Å². The van der Waals surface area contributed by atoms with Crippen molar-refractivity contribution in [2.45, 2.75) is 25.5 Å². The number of benzene rings is 2. The van der Waals surface area contributed by atoms with Gasteiger partial charge in [-0.05, 0) is 61.4 Å². The summed E-state index contributed by atoms with van der Waals surface area (Å²) in [7, 11) is 0. The maximum absolute atomic E-state index is 12.9. The molecule has 0 saturated carbocycles. The van der Waals surface area contributed by atoms with Crippen LogP contribution in [0, 0.1) is 13.8 Å². The molecule has 2 amide bonds. The van der Waals surface area contributed by atoms with Gasteiger partial charge in [0.15, 0.2) is 5.17 Å². The fraction of sp³-hybridized carbons (Fsp3) is 0.286. The van der Waals surface area contributed by atoms with Crippen molar-refractivity contribution < 1.29 is 9.59 Å². The van der Waals surface area contributed by atoms with E-state index in [1.807, 2.05) is 61.2 Å². The quantitative estimate of drug-likeness (QED) is 0.726. The van der Waals surface area contributed by atoms with Crippen molar-refractivity contribution in [3.63, 3.8) is 0 Å². The van der Waals surface area contributed by atoms with Crippen LogP contribution in [0.25, 0.3) is 0 Å². The molecule has 2 aromatic carbocycles. The van der Waals surface area contributed by atoms with Gasteiger partial charge in [0.2, 0.25) is 11.8 Å². The fourth-order valence-electron chi connectivity index (χ4n) is 3.27. The molecule has 6 nitrogen and oxygen atoms in total. The number of halogens is 1. The summed E-state index contributed by atoms with van der Waals surface area (Å²) >= 11 is 4.81. The van der Waals surface area contributed by atoms with E-state index < -0.39 is 5.25 Å². The Kier molecular flexibility index (Phi) is 5.65. The summed E-state index contributed by atoms with van der Waals surface area (Å²) in [4.78, 5) is 33.6. The highest BCUT2D eigenvalue weighted by Gasteiger charge is 2.41. The molecule has 2 aliphatic heterocycles. The first-order chi connectivity index (χ1) is 13.9. The first-order valence-electron chi connectivity index (χ1n) is 9.31. The van der Waals surface area contributed by atoms with Gasteiger partial charge in [0.05, 0.1) is 0 Å². The monoisotopic (exact) mass is 472 g/mol. The summed E-state index contributed by atoms with van der Waals surface area (Å²) in [6.07, 6.45) is 0.129. The molecule has 1 N–H and O–H groups in total. The molecule has 2 aromatic rings. The van der Waals surface area contributed by atoms with E-state index in [1.165, 1.54) is 17.3 Å². The topological polar surface area (TPSA) is 65.0 Å². The van der Waals surface area contributed by atoms with Gasteiger partial charge in [-0.3, -0.25) is 14.5 Å². The highest BCUT2D eigenvalue weighted by molar-refractivity contribution is 9.10. The van der Waals surface area contributed by atoms with Crippen LogP contribution >= 0.6 is 27.7 Å². The molecule has 0 bridgehead atoms. The minimum absolute atomic E-state index is 0.0641. The first kappa shape index (κ1) is 20.0. The number of fused-ring (bicyclic) bond motifs is 1. The molecule has 0 aliphatic carbocycles. The van der Waals surface area contributed by atoms with Gasteiger partial charge >= 0.3 is 0 Å². The minimum atomic E-state index is -0.440. The number of amides is 2. The molecular weight excluding hydrogens is 452 g/mol. The molecule has 8 heteroatoms. The molecule has 0 radical (unpaired) electrons. The maximum atomic E-state index is 12.9. The van der Waals surface area contributed by atoms with Gasteiger partial charge in [-0.15, -0.1) is 0 Å². The third kappa shape index (κ3) is 4.33. The fourth-order valence-corrected chi connectivity index (χ4v) is 4.66. The van der Waals surface area contributed by atoms with E-state index in [-0.39, 0.29) is 18.2 Å². The van der Waals surface area contributed by atoms with Gasteiger partial charge in [-0.1, -0.05) is 33.8 Å². The molecule has 1 atom stereocenters. The smallest absolute Gasteiger partial charge is 0.244 e. The van der Waals surface area contributed by atoms with E-state index in [0.29, 0.717) is 18.5 Å². The molecule has 2 heterocycles. The second-order valence-electron chi connectivity index (χ2n) is 7.16. The summed E-state index contributed by atoms with van der Waals surface area (Å²) in [6, 6.07) is 13.7. The van der Waals surface area contributed by atoms with Crippen molar-refractivity contribution in [2.24, 2.45) is 4.99 Å². The van der Waals surface area contributed by atoms with E-state index in [1.54, 1.807) is 4.90 Å². The number of nitrogens with zero attached hydrogens (tertiary/aromatic N) is 3. The zero-order valence-corrected chi connectivity index (χ0v) is 18.6. The van der Waals surface area contributed by atoms with Crippen molar-refractivity contribution in [1.82, 2.24) is 4.90 Å². The van der Waals surface area contributed by atoms with Gasteiger partial charge in [0.25, 0.3) is 0 Å². The van der Waals surface area contributed by atoms with Crippen LogP contribution in [0.3, 0.4) is 0 Å². The SMILES string of the molecule is Cc1ccc(NC(=O)C[C@H]2SC3=NCN(c4ccc(Br)cc4)CN3C2=O)cc1C. The third-order valence-electron chi connectivity index (χ3n) is 5.06. The lowest BCUT2D eigenvalue weighted by Crippen LogP contribution is -2.46. The van der Waals surface area contributed by atoms with Crippen LogP contribution in [0.2, 0.25) is 0 Å². The number of anilines is 2. The molecule has 0 unspecified atom stereocenters. The predicted molar refractivity (Wildman–Crippen MR) is 121 cm³/mol. The predicted octanol–water partition coefficient (Wildman–Crippen LogP) is 4.13. The zero-order chi connectivity index (χ0) is 20.5. The molecule has 2 aliphatic rings. The van der Waals surface area contributed by atoms with E-state index in [4.69, 9.17) is 0 Å². The summed E-state index contributed by atoms with van der Waals surface area (Å²) in [6.45, 7) is 4.98. The van der Waals surface area contributed by atoms with Crippen LogP contribution in [0.15, 0.2) is 51.9 Å². The van der Waals surface area contributed by atoms with E-state index >= 15 is 0 Å². The maximum Gasteiger partial charge on any atom is 0.244 e. The summed E-state index contributed by atoms with van der Waals surface area (Å²) < 4.78 is 1.00. The Hall–Kier alpha value is -2.32. The Morgan fingerprint density at radius 1 is 1.21 bits per heavy atom. The largest absolute Gasteiger partial charge is 0.334 e. The lowest BCUT2D eigenvalue weighted by molar-refractivity contribution is -0.128. The number of rotatable bonds is 4. The second-order valence-corrected chi connectivity index (χ2v) is 9.25. The van der Waals surface area contributed by atoms with Gasteiger partial charge < -0.3 is 10.2 Å². The van der Waals surface area contributed by atoms with Gasteiger partial charge in [-0.25, -0.2) is 4.99 Å². The summed E-state index contributed by atoms with van der Waals surface area (Å²) in [5.41, 5.74) is 4.05. The highest BCUT2D eigenvalue weighted by Crippen LogP contribution is 2.33. The Labute approximate surface area is 182 Å². The second kappa shape index (κ2) is 8.20. The zero-order valence-electron chi connectivity index (χ0n) is 16.2. The van der Waals surface area contributed by atoms with Crippen LogP contribution in [0.5, 0.6) is 0 Å². The van der Waals surface area contributed by atoms with Crippen LogP contribution in [-0.2, 0) is 9.59 Å². The van der Waals surface area contributed by atoms with Gasteiger partial charge in [0.1, 0.15) is 18.6 Å². The van der Waals surface area contributed by atoms with Gasteiger partial charge in [0, 0.05) is 22.3 Å². The molecular formula is C21H21BrN4O2S. The van der Waals surface area contributed by atoms with Gasteiger partial charge in [-0.2, -0.15) is 0 Å². The lowest BCUT2D eigenvalue weighted by Gasteiger charge is -2.32. The molecule has 29 heavy (non-hydrogen) atoms. The van der Waals surface area contributed by atoms with Crippen molar-refractivity contribution in [1.29, 1.82) is 0 Å². The number of aliphatic imine (C=N–C) groups is 1. The Balaban J connectivity index is 1.39. The first-order valence-corrected chi connectivity index (χ1v) is 11.0. The number of hydrogen-bond donors (Lipinski definition) is 1. The molecule has 150 valence electrons. The van der Waals surface area contributed by atoms with Crippen molar-refractivity contribution in [2.75, 3.05) is 23.6 Å². The Morgan fingerprint density at radius 3 is 2.69 bits per heavy atom. The lowest BCUT2D eigenvalue weighted by atomic mass is 10.1. The average Bonchev–Trinajstić information content (AvgIpc) is 3.00. The van der Waals surface area contributed by atoms with Crippen LogP contribution < -0.4 is 10.2 Å². The van der Waals surface area contributed by atoms with Crippen molar-refractivity contribution >= 4 is 56.0 Å². The molecule has 0 spiro atoms. The minimum Gasteiger partial charge on any atom is -0.334 e. The molecule has 0 aromatic heterocycles. The molecule has 1 saturated heterocycles. The van der Waals surface area contributed by atoms with E-state index in [9.17, 15) is 9.59 Å².